The van der Waals surface area contributed by atoms with Crippen molar-refractivity contribution in [3.63, 3.8) is 0 Å². The summed E-state index contributed by atoms with van der Waals surface area (Å²) < 4.78 is 0. The second-order valence-corrected chi connectivity index (χ2v) is 3.46. The highest BCUT2D eigenvalue weighted by Crippen LogP contribution is 2.24. The summed E-state index contributed by atoms with van der Waals surface area (Å²) in [4.78, 5) is 10.7. The molecular formula is C11H23NO2. The van der Waals surface area contributed by atoms with Crippen LogP contribution in [0.5, 0.6) is 0 Å². The molecule has 1 saturated carbocycles. The lowest BCUT2D eigenvalue weighted by molar-refractivity contribution is -0.143. The van der Waals surface area contributed by atoms with Gasteiger partial charge in [0.25, 0.3) is 0 Å². The van der Waals surface area contributed by atoms with Gasteiger partial charge in [-0.05, 0) is 25.8 Å². The molecular weight excluding hydrogens is 178 g/mol. The van der Waals surface area contributed by atoms with Gasteiger partial charge in [-0.2, -0.15) is 0 Å². The Morgan fingerprint density at radius 2 is 2.07 bits per heavy atom. The van der Waals surface area contributed by atoms with Crippen molar-refractivity contribution in [2.24, 2.45) is 5.92 Å². The summed E-state index contributed by atoms with van der Waals surface area (Å²) in [6, 6.07) is 0.435. The van der Waals surface area contributed by atoms with Crippen LogP contribution in [0.15, 0.2) is 0 Å². The minimum absolute atomic E-state index is 0.109. The van der Waals surface area contributed by atoms with Crippen molar-refractivity contribution in [2.75, 3.05) is 6.54 Å². The second-order valence-electron chi connectivity index (χ2n) is 3.46. The normalized spacial score (nSPS) is 26.2. The first-order chi connectivity index (χ1) is 6.74. The van der Waals surface area contributed by atoms with Crippen LogP contribution in [-0.4, -0.2) is 23.7 Å². The second kappa shape index (κ2) is 7.80. The highest BCUT2D eigenvalue weighted by atomic mass is 16.4. The van der Waals surface area contributed by atoms with Crippen molar-refractivity contribution in [3.8, 4) is 0 Å². The maximum Gasteiger partial charge on any atom is 0.306 e. The number of hydrogen-bond donors (Lipinski definition) is 2. The molecule has 2 N–H and O–H groups in total. The molecule has 2 atom stereocenters. The lowest BCUT2D eigenvalue weighted by Crippen LogP contribution is -2.36. The van der Waals surface area contributed by atoms with E-state index in [9.17, 15) is 4.79 Å². The van der Waals surface area contributed by atoms with E-state index in [4.69, 9.17) is 5.11 Å². The van der Waals surface area contributed by atoms with E-state index in [1.807, 2.05) is 13.8 Å². The molecule has 0 bridgehead atoms. The van der Waals surface area contributed by atoms with Gasteiger partial charge < -0.3 is 10.4 Å². The Labute approximate surface area is 86.9 Å². The van der Waals surface area contributed by atoms with Crippen LogP contribution in [0.3, 0.4) is 0 Å². The number of carboxylic acid groups (broad SMARTS) is 1. The number of hydrogen-bond acceptors (Lipinski definition) is 2. The van der Waals surface area contributed by atoms with E-state index in [1.165, 1.54) is 0 Å². The molecule has 1 aliphatic carbocycles. The maximum atomic E-state index is 10.7. The standard InChI is InChI=1S/C9H17NO2.C2H6/c1-2-10-8-5-3-4-7(6-8)9(11)12;1-2/h7-8,10H,2-6H2,1H3,(H,11,12);1-2H3. The predicted molar refractivity (Wildman–Crippen MR) is 58.4 cm³/mol. The molecule has 14 heavy (non-hydrogen) atoms. The van der Waals surface area contributed by atoms with E-state index >= 15 is 0 Å². The van der Waals surface area contributed by atoms with Crippen LogP contribution >= 0.6 is 0 Å². The van der Waals surface area contributed by atoms with Gasteiger partial charge in [-0.3, -0.25) is 4.79 Å². The molecule has 0 aliphatic heterocycles. The first-order valence-electron chi connectivity index (χ1n) is 5.70. The summed E-state index contributed by atoms with van der Waals surface area (Å²) in [5.41, 5.74) is 0. The zero-order valence-electron chi connectivity index (χ0n) is 9.55. The monoisotopic (exact) mass is 201 g/mol. The van der Waals surface area contributed by atoms with Gasteiger partial charge in [-0.25, -0.2) is 0 Å². The molecule has 0 heterocycles. The first kappa shape index (κ1) is 13.4. The number of nitrogens with one attached hydrogen (secondary N) is 1. The molecule has 0 radical (unpaired) electrons. The van der Waals surface area contributed by atoms with Gasteiger partial charge in [-0.1, -0.05) is 27.2 Å². The average molecular weight is 201 g/mol. The molecule has 3 nitrogen and oxygen atoms in total. The Kier molecular flexibility index (Phi) is 7.48. The fourth-order valence-corrected chi connectivity index (χ4v) is 1.89. The van der Waals surface area contributed by atoms with Gasteiger partial charge in [0, 0.05) is 6.04 Å². The van der Waals surface area contributed by atoms with Gasteiger partial charge in [0.05, 0.1) is 5.92 Å². The Morgan fingerprint density at radius 1 is 1.43 bits per heavy atom. The van der Waals surface area contributed by atoms with E-state index in [2.05, 4.69) is 12.2 Å². The molecule has 0 aromatic carbocycles. The SMILES string of the molecule is CC.CCNC1CCCC(C(=O)O)C1. The van der Waals surface area contributed by atoms with Crippen LogP contribution in [0.25, 0.3) is 0 Å². The van der Waals surface area contributed by atoms with E-state index in [1.54, 1.807) is 0 Å². The van der Waals surface area contributed by atoms with Crippen molar-refractivity contribution < 1.29 is 9.90 Å². The van der Waals surface area contributed by atoms with Crippen molar-refractivity contribution in [1.82, 2.24) is 5.32 Å². The Morgan fingerprint density at radius 3 is 2.57 bits per heavy atom. The third kappa shape index (κ3) is 4.61. The lowest BCUT2D eigenvalue weighted by Gasteiger charge is -2.26. The average Bonchev–Trinajstić information content (AvgIpc) is 2.22. The number of aliphatic carboxylic acids is 1. The zero-order valence-corrected chi connectivity index (χ0v) is 9.55. The van der Waals surface area contributed by atoms with Gasteiger partial charge >= 0.3 is 5.97 Å². The van der Waals surface area contributed by atoms with Gasteiger partial charge in [0.1, 0.15) is 0 Å². The van der Waals surface area contributed by atoms with Crippen molar-refractivity contribution in [1.29, 1.82) is 0 Å². The van der Waals surface area contributed by atoms with E-state index in [0.717, 1.165) is 32.2 Å². The highest BCUT2D eigenvalue weighted by molar-refractivity contribution is 5.70. The van der Waals surface area contributed by atoms with Crippen molar-refractivity contribution in [2.45, 2.75) is 52.5 Å². The molecule has 1 aliphatic rings. The van der Waals surface area contributed by atoms with Gasteiger partial charge in [0.15, 0.2) is 0 Å². The molecule has 1 rings (SSSR count). The molecule has 0 spiro atoms. The van der Waals surface area contributed by atoms with Crippen LogP contribution in [0.1, 0.15) is 46.5 Å². The van der Waals surface area contributed by atoms with E-state index < -0.39 is 5.97 Å². The third-order valence-electron chi connectivity index (χ3n) is 2.52. The molecule has 2 unspecified atom stereocenters. The van der Waals surface area contributed by atoms with Crippen LogP contribution < -0.4 is 5.32 Å². The van der Waals surface area contributed by atoms with E-state index in [0.29, 0.717) is 6.04 Å². The summed E-state index contributed by atoms with van der Waals surface area (Å²) in [6.07, 6.45) is 3.85. The first-order valence-corrected chi connectivity index (χ1v) is 5.70. The molecule has 0 aromatic rings. The zero-order chi connectivity index (χ0) is 11.0. The fraction of sp³-hybridized carbons (Fsp3) is 0.909. The minimum Gasteiger partial charge on any atom is -0.481 e. The number of carboxylic acids is 1. The van der Waals surface area contributed by atoms with Crippen LogP contribution in [-0.2, 0) is 4.79 Å². The van der Waals surface area contributed by atoms with Gasteiger partial charge in [-0.15, -0.1) is 0 Å². The maximum absolute atomic E-state index is 10.7. The Bertz CT molecular complexity index is 157. The number of carbonyl (C=O) groups is 1. The molecule has 0 aromatic heterocycles. The minimum atomic E-state index is -0.627. The number of rotatable bonds is 3. The smallest absolute Gasteiger partial charge is 0.306 e. The molecule has 84 valence electrons. The summed E-state index contributed by atoms with van der Waals surface area (Å²) in [6.45, 7) is 7.00. The molecule has 0 amide bonds. The summed E-state index contributed by atoms with van der Waals surface area (Å²) >= 11 is 0. The predicted octanol–water partition coefficient (Wildman–Crippen LogP) is 2.27. The van der Waals surface area contributed by atoms with Crippen LogP contribution in [0.4, 0.5) is 0 Å². The Hall–Kier alpha value is -0.570. The molecule has 1 fully saturated rings. The molecule has 0 saturated heterocycles. The van der Waals surface area contributed by atoms with E-state index in [-0.39, 0.29) is 5.92 Å². The quantitative estimate of drug-likeness (QED) is 0.736. The summed E-state index contributed by atoms with van der Waals surface area (Å²) in [7, 11) is 0. The largest absolute Gasteiger partial charge is 0.481 e. The van der Waals surface area contributed by atoms with Crippen molar-refractivity contribution in [3.05, 3.63) is 0 Å². The Balaban J connectivity index is 0.000000791. The summed E-state index contributed by atoms with van der Waals surface area (Å²) in [5.74, 6) is -0.736. The summed E-state index contributed by atoms with van der Waals surface area (Å²) in [5, 5.41) is 12.1. The lowest BCUT2D eigenvalue weighted by atomic mass is 9.86. The van der Waals surface area contributed by atoms with Crippen LogP contribution in [0.2, 0.25) is 0 Å². The fourth-order valence-electron chi connectivity index (χ4n) is 1.89. The van der Waals surface area contributed by atoms with Crippen molar-refractivity contribution >= 4 is 5.97 Å². The topological polar surface area (TPSA) is 49.3 Å². The highest BCUT2D eigenvalue weighted by Gasteiger charge is 2.25. The third-order valence-corrected chi connectivity index (χ3v) is 2.52. The van der Waals surface area contributed by atoms with Gasteiger partial charge in [0.2, 0.25) is 0 Å². The molecule has 3 heteroatoms. The van der Waals surface area contributed by atoms with Crippen LogP contribution in [0, 0.1) is 5.92 Å².